The highest BCUT2D eigenvalue weighted by Gasteiger charge is 2.19. The molecule has 2 aromatic carbocycles. The summed E-state index contributed by atoms with van der Waals surface area (Å²) in [6.07, 6.45) is 4.37. The molecule has 1 unspecified atom stereocenters. The molecule has 1 atom stereocenters. The summed E-state index contributed by atoms with van der Waals surface area (Å²) in [6.45, 7) is 0.602. The lowest BCUT2D eigenvalue weighted by molar-refractivity contribution is -0.123. The van der Waals surface area contributed by atoms with E-state index in [1.807, 2.05) is 25.4 Å². The Bertz CT molecular complexity index is 835. The van der Waals surface area contributed by atoms with Crippen molar-refractivity contribution in [3.05, 3.63) is 66.0 Å². The molecule has 0 spiro atoms. The average Bonchev–Trinajstić information content (AvgIpc) is 3.02. The maximum atomic E-state index is 12.4. The van der Waals surface area contributed by atoms with Gasteiger partial charge in [-0.2, -0.15) is 5.10 Å². The molecule has 0 aliphatic heterocycles. The molecule has 0 aliphatic rings. The van der Waals surface area contributed by atoms with E-state index in [9.17, 15) is 4.79 Å². The van der Waals surface area contributed by atoms with Crippen molar-refractivity contribution in [2.45, 2.75) is 12.5 Å². The van der Waals surface area contributed by atoms with E-state index in [0.717, 1.165) is 12.0 Å². The molecule has 5 heteroatoms. The van der Waals surface area contributed by atoms with Crippen LogP contribution in [0.3, 0.4) is 0 Å². The van der Waals surface area contributed by atoms with Crippen LogP contribution >= 0.6 is 0 Å². The number of amides is 1. The van der Waals surface area contributed by atoms with Crippen molar-refractivity contribution in [2.24, 2.45) is 7.05 Å². The molecule has 1 amide bonds. The summed E-state index contributed by atoms with van der Waals surface area (Å²) in [5.41, 5.74) is 2.11. The minimum atomic E-state index is -0.383. The SMILES string of the molecule is CNC(C(=O)NCCc1cccc2ccccc12)c1cnn(C)c1. The Balaban J connectivity index is 1.64. The quantitative estimate of drug-likeness (QED) is 0.731. The predicted molar refractivity (Wildman–Crippen MR) is 95.7 cm³/mol. The molecule has 0 saturated heterocycles. The molecule has 1 aromatic heterocycles. The summed E-state index contributed by atoms with van der Waals surface area (Å²) in [6, 6.07) is 14.2. The van der Waals surface area contributed by atoms with Gasteiger partial charge >= 0.3 is 0 Å². The lowest BCUT2D eigenvalue weighted by Gasteiger charge is -2.15. The lowest BCUT2D eigenvalue weighted by Crippen LogP contribution is -2.36. The van der Waals surface area contributed by atoms with E-state index in [0.29, 0.717) is 6.54 Å². The molecule has 124 valence electrons. The Kier molecular flexibility index (Phi) is 4.91. The second kappa shape index (κ2) is 7.27. The number of fused-ring (bicyclic) bond motifs is 1. The monoisotopic (exact) mass is 322 g/mol. The van der Waals surface area contributed by atoms with Crippen molar-refractivity contribution >= 4 is 16.7 Å². The molecule has 3 rings (SSSR count). The molecule has 0 aliphatic carbocycles. The van der Waals surface area contributed by atoms with Gasteiger partial charge in [-0.25, -0.2) is 0 Å². The second-order valence-corrected chi connectivity index (χ2v) is 5.85. The maximum absolute atomic E-state index is 12.4. The number of carbonyl (C=O) groups is 1. The Morgan fingerprint density at radius 2 is 2.00 bits per heavy atom. The summed E-state index contributed by atoms with van der Waals surface area (Å²) >= 11 is 0. The van der Waals surface area contributed by atoms with E-state index < -0.39 is 0 Å². The van der Waals surface area contributed by atoms with Crippen molar-refractivity contribution in [2.75, 3.05) is 13.6 Å². The largest absolute Gasteiger partial charge is 0.354 e. The normalized spacial score (nSPS) is 12.2. The minimum absolute atomic E-state index is 0.0364. The van der Waals surface area contributed by atoms with Gasteiger partial charge in [-0.15, -0.1) is 0 Å². The highest BCUT2D eigenvalue weighted by Crippen LogP contribution is 2.18. The van der Waals surface area contributed by atoms with Gasteiger partial charge in [0.2, 0.25) is 5.91 Å². The predicted octanol–water partition coefficient (Wildman–Crippen LogP) is 2.19. The molecule has 0 radical (unpaired) electrons. The van der Waals surface area contributed by atoms with Crippen LogP contribution in [-0.2, 0) is 18.3 Å². The standard InChI is InChI=1S/C19H22N4O/c1-20-18(16-12-22-23(2)13-16)19(24)21-11-10-15-8-5-7-14-6-3-4-9-17(14)15/h3-9,12-13,18,20H,10-11H2,1-2H3,(H,21,24). The Labute approximate surface area is 141 Å². The lowest BCUT2D eigenvalue weighted by atomic mass is 10.0. The molecule has 0 bridgehead atoms. The van der Waals surface area contributed by atoms with Crippen LogP contribution in [0.25, 0.3) is 10.8 Å². The van der Waals surface area contributed by atoms with Gasteiger partial charge in [0.15, 0.2) is 0 Å². The number of benzene rings is 2. The zero-order valence-electron chi connectivity index (χ0n) is 14.0. The molecule has 1 heterocycles. The second-order valence-electron chi connectivity index (χ2n) is 5.85. The fourth-order valence-corrected chi connectivity index (χ4v) is 2.97. The first kappa shape index (κ1) is 16.2. The van der Waals surface area contributed by atoms with Crippen molar-refractivity contribution in [3.8, 4) is 0 Å². The van der Waals surface area contributed by atoms with Crippen LogP contribution in [0, 0.1) is 0 Å². The van der Waals surface area contributed by atoms with E-state index in [-0.39, 0.29) is 11.9 Å². The van der Waals surface area contributed by atoms with Crippen LogP contribution in [0.2, 0.25) is 0 Å². The number of rotatable bonds is 6. The van der Waals surface area contributed by atoms with E-state index in [2.05, 4.69) is 46.1 Å². The third-order valence-electron chi connectivity index (χ3n) is 4.18. The van der Waals surface area contributed by atoms with Gasteiger partial charge in [0.05, 0.1) is 6.20 Å². The molecule has 0 saturated carbocycles. The van der Waals surface area contributed by atoms with E-state index in [4.69, 9.17) is 0 Å². The molecule has 24 heavy (non-hydrogen) atoms. The number of aromatic nitrogens is 2. The van der Waals surface area contributed by atoms with Crippen molar-refractivity contribution in [3.63, 3.8) is 0 Å². The summed E-state index contributed by atoms with van der Waals surface area (Å²) in [7, 11) is 3.62. The van der Waals surface area contributed by atoms with Crippen LogP contribution < -0.4 is 10.6 Å². The zero-order chi connectivity index (χ0) is 16.9. The van der Waals surface area contributed by atoms with E-state index in [1.54, 1.807) is 17.9 Å². The van der Waals surface area contributed by atoms with Gasteiger partial charge in [0, 0.05) is 25.4 Å². The Morgan fingerprint density at radius 3 is 2.75 bits per heavy atom. The van der Waals surface area contributed by atoms with Gasteiger partial charge in [-0.1, -0.05) is 42.5 Å². The number of aryl methyl sites for hydroxylation is 1. The highest BCUT2D eigenvalue weighted by atomic mass is 16.2. The van der Waals surface area contributed by atoms with Gasteiger partial charge < -0.3 is 10.6 Å². The molecular formula is C19H22N4O. The third kappa shape index (κ3) is 3.46. The molecule has 3 aromatic rings. The first-order valence-corrected chi connectivity index (χ1v) is 8.09. The molecular weight excluding hydrogens is 300 g/mol. The van der Waals surface area contributed by atoms with Gasteiger partial charge in [0.25, 0.3) is 0 Å². The number of nitrogens with zero attached hydrogens (tertiary/aromatic N) is 2. The topological polar surface area (TPSA) is 59.0 Å². The van der Waals surface area contributed by atoms with Crippen molar-refractivity contribution in [1.29, 1.82) is 0 Å². The van der Waals surface area contributed by atoms with Crippen LogP contribution in [0.1, 0.15) is 17.2 Å². The third-order valence-corrected chi connectivity index (χ3v) is 4.18. The Hall–Kier alpha value is -2.66. The van der Waals surface area contributed by atoms with E-state index >= 15 is 0 Å². The minimum Gasteiger partial charge on any atom is -0.354 e. The molecule has 0 fully saturated rings. The van der Waals surface area contributed by atoms with Gasteiger partial charge in [-0.05, 0) is 29.8 Å². The summed E-state index contributed by atoms with van der Waals surface area (Å²) in [5, 5.41) is 12.7. The number of likely N-dealkylation sites (N-methyl/N-ethyl adjacent to an activating group) is 1. The number of hydrogen-bond acceptors (Lipinski definition) is 3. The van der Waals surface area contributed by atoms with Gasteiger partial charge in [0.1, 0.15) is 6.04 Å². The number of carbonyl (C=O) groups excluding carboxylic acids is 1. The van der Waals surface area contributed by atoms with Crippen LogP contribution in [0.4, 0.5) is 0 Å². The maximum Gasteiger partial charge on any atom is 0.241 e. The average molecular weight is 322 g/mol. The van der Waals surface area contributed by atoms with Crippen LogP contribution in [0.15, 0.2) is 54.9 Å². The van der Waals surface area contributed by atoms with Crippen LogP contribution in [0.5, 0.6) is 0 Å². The Morgan fingerprint density at radius 1 is 1.21 bits per heavy atom. The first-order chi connectivity index (χ1) is 11.7. The number of nitrogens with one attached hydrogen (secondary N) is 2. The molecule has 5 nitrogen and oxygen atoms in total. The summed E-state index contributed by atoms with van der Waals surface area (Å²) in [4.78, 5) is 12.4. The first-order valence-electron chi connectivity index (χ1n) is 8.09. The van der Waals surface area contributed by atoms with E-state index in [1.165, 1.54) is 16.3 Å². The fourth-order valence-electron chi connectivity index (χ4n) is 2.97. The summed E-state index contributed by atoms with van der Waals surface area (Å²) in [5.74, 6) is -0.0364. The van der Waals surface area contributed by atoms with Crippen LogP contribution in [-0.4, -0.2) is 29.3 Å². The van der Waals surface area contributed by atoms with Gasteiger partial charge in [-0.3, -0.25) is 9.48 Å². The smallest absolute Gasteiger partial charge is 0.241 e. The van der Waals surface area contributed by atoms with Crippen molar-refractivity contribution in [1.82, 2.24) is 20.4 Å². The number of hydrogen-bond donors (Lipinski definition) is 2. The zero-order valence-corrected chi connectivity index (χ0v) is 14.0. The molecule has 2 N–H and O–H groups in total. The van der Waals surface area contributed by atoms with Crippen molar-refractivity contribution < 1.29 is 4.79 Å². The fraction of sp³-hybridized carbons (Fsp3) is 0.263. The highest BCUT2D eigenvalue weighted by molar-refractivity contribution is 5.86. The summed E-state index contributed by atoms with van der Waals surface area (Å²) < 4.78 is 1.70.